The van der Waals surface area contributed by atoms with Gasteiger partial charge >= 0.3 is 0 Å². The Hall–Kier alpha value is -1.03. The first-order valence-corrected chi connectivity index (χ1v) is 7.24. The highest BCUT2D eigenvalue weighted by molar-refractivity contribution is 6.32. The first-order chi connectivity index (χ1) is 8.87. The molecule has 0 unspecified atom stereocenters. The molecule has 0 spiro atoms. The van der Waals surface area contributed by atoms with Crippen molar-refractivity contribution in [3.05, 3.63) is 21.6 Å². The molecular formula is C14H22ClN3O. The first-order valence-electron chi connectivity index (χ1n) is 6.86. The number of aromatic nitrogens is 2. The lowest BCUT2D eigenvalue weighted by atomic mass is 9.92. The summed E-state index contributed by atoms with van der Waals surface area (Å²) in [5.74, 6) is 0.619. The zero-order chi connectivity index (χ0) is 14.0. The second kappa shape index (κ2) is 5.53. The van der Waals surface area contributed by atoms with E-state index in [4.69, 9.17) is 11.6 Å². The first kappa shape index (κ1) is 14.4. The number of rotatable bonds is 5. The van der Waals surface area contributed by atoms with Crippen molar-refractivity contribution in [1.82, 2.24) is 9.78 Å². The van der Waals surface area contributed by atoms with Crippen molar-refractivity contribution in [3.8, 4) is 0 Å². The highest BCUT2D eigenvalue weighted by atomic mass is 35.5. The molecular weight excluding hydrogens is 262 g/mol. The average molecular weight is 284 g/mol. The van der Waals surface area contributed by atoms with Crippen LogP contribution in [0.15, 0.2) is 11.0 Å². The van der Waals surface area contributed by atoms with Crippen LogP contribution in [0.3, 0.4) is 0 Å². The fourth-order valence-corrected chi connectivity index (χ4v) is 2.06. The second-order valence-corrected chi connectivity index (χ2v) is 6.94. The van der Waals surface area contributed by atoms with E-state index in [1.54, 1.807) is 6.20 Å². The van der Waals surface area contributed by atoms with E-state index in [1.165, 1.54) is 17.5 Å². The molecule has 1 aliphatic carbocycles. The maximum absolute atomic E-state index is 12.3. The van der Waals surface area contributed by atoms with E-state index in [1.807, 2.05) is 0 Å². The van der Waals surface area contributed by atoms with Crippen LogP contribution in [0.5, 0.6) is 0 Å². The van der Waals surface area contributed by atoms with E-state index in [0.29, 0.717) is 23.2 Å². The van der Waals surface area contributed by atoms with Gasteiger partial charge in [0.15, 0.2) is 0 Å². The van der Waals surface area contributed by atoms with Crippen molar-refractivity contribution >= 4 is 17.3 Å². The van der Waals surface area contributed by atoms with Crippen molar-refractivity contribution in [3.63, 3.8) is 0 Å². The minimum Gasteiger partial charge on any atom is -0.379 e. The van der Waals surface area contributed by atoms with Crippen molar-refractivity contribution in [1.29, 1.82) is 0 Å². The number of hydrogen-bond donors (Lipinski definition) is 1. The Morgan fingerprint density at radius 1 is 1.47 bits per heavy atom. The molecule has 0 aliphatic heterocycles. The highest BCUT2D eigenvalue weighted by Crippen LogP contribution is 2.30. The van der Waals surface area contributed by atoms with E-state index in [0.717, 1.165) is 13.0 Å². The van der Waals surface area contributed by atoms with E-state index in [2.05, 4.69) is 31.2 Å². The molecule has 4 nitrogen and oxygen atoms in total. The second-order valence-electron chi connectivity index (χ2n) is 6.54. The van der Waals surface area contributed by atoms with Gasteiger partial charge in [-0.15, -0.1) is 0 Å². The highest BCUT2D eigenvalue weighted by Gasteiger charge is 2.23. The van der Waals surface area contributed by atoms with Crippen molar-refractivity contribution in [2.75, 3.05) is 11.9 Å². The summed E-state index contributed by atoms with van der Waals surface area (Å²) in [5.41, 5.74) is 0.620. The summed E-state index contributed by atoms with van der Waals surface area (Å²) in [6.45, 7) is 7.98. The van der Waals surface area contributed by atoms with Crippen LogP contribution in [-0.4, -0.2) is 16.3 Å². The third kappa shape index (κ3) is 4.23. The Morgan fingerprint density at radius 2 is 2.16 bits per heavy atom. The fraction of sp³-hybridized carbons (Fsp3) is 0.714. The number of anilines is 1. The standard InChI is InChI=1S/C14H22ClN3O/c1-14(2,3)6-7-16-12-11(15)8-17-18(13(12)19)9-10-4-5-10/h8,10,16H,4-7,9H2,1-3H3. The van der Waals surface area contributed by atoms with Gasteiger partial charge in [-0.3, -0.25) is 4.79 Å². The SMILES string of the molecule is CC(C)(C)CCNc1c(Cl)cnn(CC2CC2)c1=O. The Balaban J connectivity index is 2.07. The third-order valence-electron chi connectivity index (χ3n) is 3.30. The molecule has 1 saturated carbocycles. The van der Waals surface area contributed by atoms with Crippen LogP contribution in [-0.2, 0) is 6.54 Å². The Bertz CT molecular complexity index is 500. The summed E-state index contributed by atoms with van der Waals surface area (Å²) in [6.07, 6.45) is 4.94. The molecule has 5 heteroatoms. The van der Waals surface area contributed by atoms with Crippen LogP contribution in [0.4, 0.5) is 5.69 Å². The van der Waals surface area contributed by atoms with Gasteiger partial charge in [-0.05, 0) is 30.6 Å². The van der Waals surface area contributed by atoms with Gasteiger partial charge in [0, 0.05) is 13.1 Å². The van der Waals surface area contributed by atoms with E-state index >= 15 is 0 Å². The third-order valence-corrected chi connectivity index (χ3v) is 3.59. The number of hydrogen-bond acceptors (Lipinski definition) is 3. The molecule has 0 aromatic carbocycles. The predicted octanol–water partition coefficient (Wildman–Crippen LogP) is 3.15. The maximum atomic E-state index is 12.3. The molecule has 1 aromatic heterocycles. The normalized spacial score (nSPS) is 15.6. The van der Waals surface area contributed by atoms with Gasteiger partial charge in [0.2, 0.25) is 0 Å². The lowest BCUT2D eigenvalue weighted by Crippen LogP contribution is -2.27. The monoisotopic (exact) mass is 283 g/mol. The molecule has 2 rings (SSSR count). The van der Waals surface area contributed by atoms with Gasteiger partial charge in [-0.1, -0.05) is 32.4 Å². The minimum absolute atomic E-state index is 0.103. The molecule has 1 fully saturated rings. The smallest absolute Gasteiger partial charge is 0.291 e. The maximum Gasteiger partial charge on any atom is 0.291 e. The van der Waals surface area contributed by atoms with Crippen LogP contribution in [0.1, 0.15) is 40.0 Å². The Morgan fingerprint density at radius 3 is 2.74 bits per heavy atom. The molecule has 1 aliphatic rings. The number of nitrogens with one attached hydrogen (secondary N) is 1. The summed E-state index contributed by atoms with van der Waals surface area (Å²) in [6, 6.07) is 0. The topological polar surface area (TPSA) is 46.9 Å². The zero-order valence-corrected chi connectivity index (χ0v) is 12.6. The van der Waals surface area contributed by atoms with Gasteiger partial charge in [0.05, 0.1) is 11.2 Å². The molecule has 106 valence electrons. The van der Waals surface area contributed by atoms with Crippen LogP contribution in [0.25, 0.3) is 0 Å². The molecule has 19 heavy (non-hydrogen) atoms. The van der Waals surface area contributed by atoms with Crippen LogP contribution in [0, 0.1) is 11.3 Å². The summed E-state index contributed by atoms with van der Waals surface area (Å²) in [4.78, 5) is 12.3. The number of nitrogens with zero attached hydrogens (tertiary/aromatic N) is 2. The zero-order valence-electron chi connectivity index (χ0n) is 11.9. The van der Waals surface area contributed by atoms with Gasteiger partial charge < -0.3 is 5.32 Å². The van der Waals surface area contributed by atoms with Crippen molar-refractivity contribution in [2.24, 2.45) is 11.3 Å². The van der Waals surface area contributed by atoms with Gasteiger partial charge in [0.25, 0.3) is 5.56 Å². The molecule has 0 amide bonds. The van der Waals surface area contributed by atoms with Crippen LogP contribution in [0.2, 0.25) is 5.02 Å². The lowest BCUT2D eigenvalue weighted by molar-refractivity contribution is 0.389. The summed E-state index contributed by atoms with van der Waals surface area (Å²) >= 11 is 6.07. The van der Waals surface area contributed by atoms with E-state index in [9.17, 15) is 4.79 Å². The lowest BCUT2D eigenvalue weighted by Gasteiger charge is -2.18. The summed E-state index contributed by atoms with van der Waals surface area (Å²) in [5, 5.41) is 7.68. The van der Waals surface area contributed by atoms with Crippen molar-refractivity contribution in [2.45, 2.75) is 46.6 Å². The van der Waals surface area contributed by atoms with E-state index < -0.39 is 0 Å². The molecule has 1 aromatic rings. The fourth-order valence-electron chi connectivity index (χ4n) is 1.87. The minimum atomic E-state index is -0.103. The van der Waals surface area contributed by atoms with E-state index in [-0.39, 0.29) is 11.0 Å². The Kier molecular flexibility index (Phi) is 4.19. The molecule has 1 N–H and O–H groups in total. The Labute approximate surface area is 119 Å². The largest absolute Gasteiger partial charge is 0.379 e. The van der Waals surface area contributed by atoms with Crippen molar-refractivity contribution < 1.29 is 0 Å². The van der Waals surface area contributed by atoms with Gasteiger partial charge in [0.1, 0.15) is 5.69 Å². The molecule has 0 radical (unpaired) electrons. The summed E-state index contributed by atoms with van der Waals surface area (Å²) in [7, 11) is 0. The van der Waals surface area contributed by atoms with Gasteiger partial charge in [-0.25, -0.2) is 4.68 Å². The molecule has 1 heterocycles. The molecule has 0 saturated heterocycles. The van der Waals surface area contributed by atoms with Crippen LogP contribution < -0.4 is 10.9 Å². The number of halogens is 1. The summed E-state index contributed by atoms with van der Waals surface area (Å²) < 4.78 is 1.53. The predicted molar refractivity (Wildman–Crippen MR) is 78.8 cm³/mol. The van der Waals surface area contributed by atoms with Crippen LogP contribution >= 0.6 is 11.6 Å². The average Bonchev–Trinajstić information content (AvgIpc) is 3.09. The quantitative estimate of drug-likeness (QED) is 0.903. The van der Waals surface area contributed by atoms with Gasteiger partial charge in [-0.2, -0.15) is 5.10 Å². The molecule has 0 bridgehead atoms. The molecule has 0 atom stereocenters.